The lowest BCUT2D eigenvalue weighted by molar-refractivity contribution is 0.0695. The van der Waals surface area contributed by atoms with Gasteiger partial charge in [-0.2, -0.15) is 0 Å². The van der Waals surface area contributed by atoms with Gasteiger partial charge in [0.1, 0.15) is 11.5 Å². The zero-order valence-corrected chi connectivity index (χ0v) is 20.7. The maximum Gasteiger partial charge on any atom is 0.337 e. The lowest BCUT2D eigenvalue weighted by atomic mass is 9.90. The van der Waals surface area contributed by atoms with Crippen molar-refractivity contribution in [2.24, 2.45) is 5.73 Å². The van der Waals surface area contributed by atoms with Gasteiger partial charge in [-0.25, -0.2) is 4.79 Å². The van der Waals surface area contributed by atoms with E-state index in [0.717, 1.165) is 0 Å². The molecule has 1 aromatic carbocycles. The van der Waals surface area contributed by atoms with Gasteiger partial charge in [0.25, 0.3) is 17.7 Å². The number of hydrogen-bond donors (Lipinski definition) is 5. The molecule has 3 amide bonds. The summed E-state index contributed by atoms with van der Waals surface area (Å²) in [5, 5.41) is 17.6. The van der Waals surface area contributed by atoms with Gasteiger partial charge in [-0.05, 0) is 37.8 Å². The molecule has 37 heavy (non-hydrogen) atoms. The molecule has 6 N–H and O–H groups in total. The number of hydrogen-bond acceptors (Lipinski definition) is 8. The van der Waals surface area contributed by atoms with Crippen LogP contribution < -0.4 is 31.2 Å². The van der Waals surface area contributed by atoms with Crippen molar-refractivity contribution < 1.29 is 33.8 Å². The third-order valence-corrected chi connectivity index (χ3v) is 6.09. The highest BCUT2D eigenvalue weighted by Gasteiger charge is 2.27. The van der Waals surface area contributed by atoms with E-state index in [2.05, 4.69) is 20.9 Å². The molecule has 2 aromatic rings. The topological polar surface area (TPSA) is 182 Å². The Balaban J connectivity index is 1.62. The smallest absolute Gasteiger partial charge is 0.337 e. The van der Waals surface area contributed by atoms with Crippen molar-refractivity contribution in [1.82, 2.24) is 20.9 Å². The molecule has 0 unspecified atom stereocenters. The van der Waals surface area contributed by atoms with Gasteiger partial charge in [-0.3, -0.25) is 19.4 Å². The highest BCUT2D eigenvalue weighted by molar-refractivity contribution is 6.03. The molecule has 0 radical (unpaired) electrons. The third kappa shape index (κ3) is 6.94. The number of nitrogens with one attached hydrogen (secondary N) is 3. The second-order valence-electron chi connectivity index (χ2n) is 8.56. The maximum absolute atomic E-state index is 13.1. The molecule has 0 atom stereocenters. The first-order chi connectivity index (χ1) is 17.8. The van der Waals surface area contributed by atoms with Crippen LogP contribution in [-0.2, 0) is 0 Å². The number of carboxylic acids is 1. The van der Waals surface area contributed by atoms with Gasteiger partial charge in [-0.15, -0.1) is 0 Å². The lowest BCUT2D eigenvalue weighted by Crippen LogP contribution is -2.44. The number of pyridine rings is 1. The van der Waals surface area contributed by atoms with Gasteiger partial charge in [0.2, 0.25) is 0 Å². The quantitative estimate of drug-likeness (QED) is 0.309. The molecule has 198 valence electrons. The highest BCUT2D eigenvalue weighted by Crippen LogP contribution is 2.30. The van der Waals surface area contributed by atoms with Crippen molar-refractivity contribution in [3.05, 3.63) is 52.8 Å². The number of ether oxygens (including phenoxy) is 2. The van der Waals surface area contributed by atoms with E-state index in [1.54, 1.807) is 0 Å². The van der Waals surface area contributed by atoms with Crippen molar-refractivity contribution >= 4 is 23.7 Å². The van der Waals surface area contributed by atoms with Gasteiger partial charge < -0.3 is 36.3 Å². The average molecular weight is 514 g/mol. The van der Waals surface area contributed by atoms with E-state index in [1.165, 1.54) is 44.8 Å². The van der Waals surface area contributed by atoms with E-state index in [0.29, 0.717) is 25.7 Å². The monoisotopic (exact) mass is 513 g/mol. The van der Waals surface area contributed by atoms with E-state index in [9.17, 15) is 19.2 Å². The van der Waals surface area contributed by atoms with Gasteiger partial charge in [0.05, 0.1) is 36.5 Å². The van der Waals surface area contributed by atoms with Gasteiger partial charge in [0.15, 0.2) is 0 Å². The third-order valence-electron chi connectivity index (χ3n) is 6.09. The summed E-state index contributed by atoms with van der Waals surface area (Å²) in [6.45, 7) is 0.545. The highest BCUT2D eigenvalue weighted by atomic mass is 16.5. The van der Waals surface area contributed by atoms with Crippen LogP contribution in [0.25, 0.3) is 0 Å². The van der Waals surface area contributed by atoms with Crippen LogP contribution in [0.15, 0.2) is 30.6 Å². The van der Waals surface area contributed by atoms with Gasteiger partial charge in [-0.1, -0.05) is 0 Å². The fraction of sp³-hybridized carbons (Fsp3) is 0.400. The molecule has 1 aromatic heterocycles. The van der Waals surface area contributed by atoms with Crippen molar-refractivity contribution in [2.75, 3.05) is 27.3 Å². The predicted octanol–water partition coefficient (Wildman–Crippen LogP) is 0.957. The molecule has 1 aliphatic carbocycles. The average Bonchev–Trinajstić information content (AvgIpc) is 2.91. The van der Waals surface area contributed by atoms with Crippen LogP contribution in [0.3, 0.4) is 0 Å². The first-order valence-corrected chi connectivity index (χ1v) is 11.8. The molecule has 0 saturated heterocycles. The Morgan fingerprint density at radius 3 is 1.95 bits per heavy atom. The summed E-state index contributed by atoms with van der Waals surface area (Å²) in [6.07, 6.45) is 4.98. The van der Waals surface area contributed by atoms with E-state index >= 15 is 0 Å². The number of amides is 3. The maximum atomic E-state index is 13.1. The molecule has 12 nitrogen and oxygen atoms in total. The molecular formula is C25H31N5O7. The Hall–Kier alpha value is -4.19. The van der Waals surface area contributed by atoms with Crippen LogP contribution in [0.4, 0.5) is 0 Å². The Labute approximate surface area is 213 Å². The normalized spacial score (nSPS) is 16.8. The minimum absolute atomic E-state index is 0.0620. The molecule has 1 heterocycles. The Bertz CT molecular complexity index is 1160. The number of benzene rings is 1. The molecule has 1 aliphatic rings. The van der Waals surface area contributed by atoms with Gasteiger partial charge in [0, 0.05) is 43.6 Å². The minimum atomic E-state index is -1.16. The number of carbonyl (C=O) groups excluding carboxylic acids is 3. The van der Waals surface area contributed by atoms with Crippen molar-refractivity contribution in [3.63, 3.8) is 0 Å². The van der Waals surface area contributed by atoms with Crippen LogP contribution in [0, 0.1) is 0 Å². The molecular weight excluding hydrogens is 482 g/mol. The lowest BCUT2D eigenvalue weighted by Gasteiger charge is -2.30. The Morgan fingerprint density at radius 1 is 0.865 bits per heavy atom. The summed E-state index contributed by atoms with van der Waals surface area (Å²) in [4.78, 5) is 53.1. The Morgan fingerprint density at radius 2 is 1.41 bits per heavy atom. The zero-order valence-electron chi connectivity index (χ0n) is 20.7. The molecule has 0 spiro atoms. The SMILES string of the molecule is COc1cc(OC)c(C(=O)NC2CCC(NC(=O)c3cncc(C(=O)O)c3)CC2)cc1C(=O)NCCN. The molecule has 1 fully saturated rings. The number of nitrogens with zero attached hydrogens (tertiary/aromatic N) is 1. The van der Waals surface area contributed by atoms with Crippen LogP contribution in [0.5, 0.6) is 11.5 Å². The fourth-order valence-electron chi connectivity index (χ4n) is 4.13. The minimum Gasteiger partial charge on any atom is -0.496 e. The van der Waals surface area contributed by atoms with Crippen molar-refractivity contribution in [3.8, 4) is 11.5 Å². The van der Waals surface area contributed by atoms with Gasteiger partial charge >= 0.3 is 5.97 Å². The summed E-state index contributed by atoms with van der Waals surface area (Å²) in [5.41, 5.74) is 5.96. The second-order valence-corrected chi connectivity index (χ2v) is 8.56. The number of carbonyl (C=O) groups is 4. The van der Waals surface area contributed by atoms with E-state index in [1.807, 2.05) is 0 Å². The fourth-order valence-corrected chi connectivity index (χ4v) is 4.13. The first kappa shape index (κ1) is 27.4. The molecule has 3 rings (SSSR count). The van der Waals surface area contributed by atoms with E-state index in [-0.39, 0.29) is 58.9 Å². The van der Waals surface area contributed by atoms with Crippen LogP contribution in [0.2, 0.25) is 0 Å². The second kappa shape index (κ2) is 12.7. The summed E-state index contributed by atoms with van der Waals surface area (Å²) in [5.74, 6) is -1.83. The largest absolute Gasteiger partial charge is 0.496 e. The van der Waals surface area contributed by atoms with Crippen LogP contribution >= 0.6 is 0 Å². The number of aromatic carboxylic acids is 1. The zero-order chi connectivity index (χ0) is 26.9. The van der Waals surface area contributed by atoms with E-state index in [4.69, 9.17) is 20.3 Å². The van der Waals surface area contributed by atoms with Crippen LogP contribution in [0.1, 0.15) is 67.1 Å². The first-order valence-electron chi connectivity index (χ1n) is 11.8. The van der Waals surface area contributed by atoms with Crippen LogP contribution in [-0.4, -0.2) is 73.2 Å². The molecule has 0 aliphatic heterocycles. The van der Waals surface area contributed by atoms with Crippen molar-refractivity contribution in [2.45, 2.75) is 37.8 Å². The summed E-state index contributed by atoms with van der Waals surface area (Å²) < 4.78 is 10.7. The number of nitrogens with two attached hydrogens (primary N) is 1. The summed E-state index contributed by atoms with van der Waals surface area (Å²) in [7, 11) is 2.85. The molecule has 1 saturated carbocycles. The number of rotatable bonds is 10. The van der Waals surface area contributed by atoms with Crippen molar-refractivity contribution in [1.29, 1.82) is 0 Å². The number of aromatic nitrogens is 1. The predicted molar refractivity (Wildman–Crippen MR) is 133 cm³/mol. The standard InChI is InChI=1S/C25H31N5O7/c1-36-20-11-21(37-2)19(10-18(20)23(32)28-8-7-26)24(33)30-17-5-3-16(4-6-17)29-22(31)14-9-15(25(34)35)13-27-12-14/h9-13,16-17H,3-8,26H2,1-2H3,(H,28,32)(H,29,31)(H,30,33)(H,34,35). The molecule has 0 bridgehead atoms. The number of methoxy groups -OCH3 is 2. The molecule has 12 heteroatoms. The number of carboxylic acid groups (broad SMARTS) is 1. The Kier molecular flexibility index (Phi) is 9.39. The summed E-state index contributed by atoms with van der Waals surface area (Å²) in [6, 6.07) is 3.95. The summed E-state index contributed by atoms with van der Waals surface area (Å²) >= 11 is 0. The van der Waals surface area contributed by atoms with E-state index < -0.39 is 23.7 Å².